The van der Waals surface area contributed by atoms with E-state index in [0.29, 0.717) is 18.0 Å². The molecular weight excluding hydrogens is 248 g/mol. The molecule has 0 saturated carbocycles. The Labute approximate surface area is 113 Å². The molecule has 0 amide bonds. The van der Waals surface area contributed by atoms with Crippen LogP contribution in [0.1, 0.15) is 25.5 Å². The molecule has 0 N–H and O–H groups in total. The van der Waals surface area contributed by atoms with Crippen molar-refractivity contribution in [2.75, 3.05) is 24.5 Å². The van der Waals surface area contributed by atoms with Gasteiger partial charge < -0.3 is 4.90 Å². The van der Waals surface area contributed by atoms with Gasteiger partial charge in [0, 0.05) is 25.2 Å². The third-order valence-electron chi connectivity index (χ3n) is 4.07. The molecule has 98 valence electrons. The van der Waals surface area contributed by atoms with E-state index < -0.39 is 0 Å². The van der Waals surface area contributed by atoms with Gasteiger partial charge in [0.15, 0.2) is 5.82 Å². The first kappa shape index (κ1) is 12.2. The van der Waals surface area contributed by atoms with Crippen molar-refractivity contribution in [3.05, 3.63) is 17.8 Å². The largest absolute Gasteiger partial charge is 0.350 e. The fraction of sp³-hybridized carbons (Fsp3) is 0.692. The highest BCUT2D eigenvalue weighted by Gasteiger charge is 2.34. The number of aromatic nitrogens is 2. The number of hydrogen-bond acceptors (Lipinski definition) is 4. The second kappa shape index (κ2) is 5.02. The van der Waals surface area contributed by atoms with E-state index in [2.05, 4.69) is 26.9 Å². The van der Waals surface area contributed by atoms with Crippen molar-refractivity contribution in [1.29, 1.82) is 0 Å². The summed E-state index contributed by atoms with van der Waals surface area (Å²) in [7, 11) is 0. The molecule has 0 spiro atoms. The van der Waals surface area contributed by atoms with Crippen molar-refractivity contribution >= 4 is 17.4 Å². The number of rotatable bonds is 2. The van der Waals surface area contributed by atoms with Gasteiger partial charge in [-0.15, -0.1) is 16.7 Å². The first-order valence-corrected chi connectivity index (χ1v) is 7.20. The summed E-state index contributed by atoms with van der Waals surface area (Å²) in [6.45, 7) is 5.76. The van der Waals surface area contributed by atoms with Crippen molar-refractivity contribution < 1.29 is 0 Å². The third kappa shape index (κ3) is 2.19. The van der Waals surface area contributed by atoms with Gasteiger partial charge in [-0.2, -0.15) is 5.10 Å². The fourth-order valence-electron chi connectivity index (χ4n) is 3.08. The van der Waals surface area contributed by atoms with Crippen LogP contribution in [-0.2, 0) is 5.88 Å². The van der Waals surface area contributed by atoms with Crippen LogP contribution in [0.5, 0.6) is 0 Å². The number of piperazine rings is 1. The van der Waals surface area contributed by atoms with Gasteiger partial charge in [0.2, 0.25) is 0 Å². The van der Waals surface area contributed by atoms with Crippen molar-refractivity contribution in [3.8, 4) is 0 Å². The molecule has 5 heteroatoms. The van der Waals surface area contributed by atoms with Crippen molar-refractivity contribution in [2.24, 2.45) is 0 Å². The van der Waals surface area contributed by atoms with E-state index in [9.17, 15) is 0 Å². The van der Waals surface area contributed by atoms with Gasteiger partial charge in [-0.3, -0.25) is 4.90 Å². The van der Waals surface area contributed by atoms with E-state index >= 15 is 0 Å². The first-order chi connectivity index (χ1) is 8.78. The molecular formula is C13H19ClN4. The van der Waals surface area contributed by atoms with Gasteiger partial charge >= 0.3 is 0 Å². The molecule has 0 radical (unpaired) electrons. The Morgan fingerprint density at radius 3 is 2.94 bits per heavy atom. The minimum atomic E-state index is 0.430. The molecule has 0 aliphatic carbocycles. The number of fused-ring (bicyclic) bond motifs is 1. The molecule has 2 aliphatic rings. The Bertz CT molecular complexity index is 408. The summed E-state index contributed by atoms with van der Waals surface area (Å²) < 4.78 is 0. The Morgan fingerprint density at radius 1 is 1.33 bits per heavy atom. The SMILES string of the molecule is CC1CN2CCCC2CN1c1ccc(CCl)nn1. The average Bonchev–Trinajstić information content (AvgIpc) is 2.85. The van der Waals surface area contributed by atoms with Gasteiger partial charge in [-0.1, -0.05) is 0 Å². The van der Waals surface area contributed by atoms with Gasteiger partial charge in [-0.25, -0.2) is 0 Å². The second-order valence-electron chi connectivity index (χ2n) is 5.31. The minimum Gasteiger partial charge on any atom is -0.350 e. The van der Waals surface area contributed by atoms with Crippen LogP contribution in [0, 0.1) is 0 Å². The van der Waals surface area contributed by atoms with E-state index in [1.54, 1.807) is 0 Å². The van der Waals surface area contributed by atoms with Gasteiger partial charge in [0.25, 0.3) is 0 Å². The van der Waals surface area contributed by atoms with Crippen LogP contribution >= 0.6 is 11.6 Å². The van der Waals surface area contributed by atoms with Crippen molar-refractivity contribution in [1.82, 2.24) is 15.1 Å². The van der Waals surface area contributed by atoms with E-state index in [-0.39, 0.29) is 0 Å². The van der Waals surface area contributed by atoms with Gasteiger partial charge in [0.05, 0.1) is 11.6 Å². The van der Waals surface area contributed by atoms with E-state index in [4.69, 9.17) is 11.6 Å². The van der Waals surface area contributed by atoms with E-state index in [1.165, 1.54) is 19.4 Å². The van der Waals surface area contributed by atoms with Crippen LogP contribution in [-0.4, -0.2) is 46.8 Å². The highest BCUT2D eigenvalue weighted by molar-refractivity contribution is 6.16. The Kier molecular flexibility index (Phi) is 3.39. The Morgan fingerprint density at radius 2 is 2.22 bits per heavy atom. The molecule has 2 aliphatic heterocycles. The number of nitrogens with zero attached hydrogens (tertiary/aromatic N) is 4. The molecule has 4 nitrogen and oxygen atoms in total. The summed E-state index contributed by atoms with van der Waals surface area (Å²) in [5.74, 6) is 1.42. The molecule has 2 unspecified atom stereocenters. The lowest BCUT2D eigenvalue weighted by atomic mass is 10.1. The van der Waals surface area contributed by atoms with Crippen molar-refractivity contribution in [3.63, 3.8) is 0 Å². The number of hydrogen-bond donors (Lipinski definition) is 0. The summed E-state index contributed by atoms with van der Waals surface area (Å²) in [5.41, 5.74) is 0.840. The topological polar surface area (TPSA) is 32.3 Å². The molecule has 2 atom stereocenters. The quantitative estimate of drug-likeness (QED) is 0.766. The summed E-state index contributed by atoms with van der Waals surface area (Å²) >= 11 is 5.74. The maximum atomic E-state index is 5.74. The summed E-state index contributed by atoms with van der Waals surface area (Å²) in [5, 5.41) is 8.47. The zero-order valence-corrected chi connectivity index (χ0v) is 11.5. The molecule has 3 heterocycles. The van der Waals surface area contributed by atoms with Crippen LogP contribution in [0.2, 0.25) is 0 Å². The fourth-order valence-corrected chi connectivity index (χ4v) is 3.23. The predicted octanol–water partition coefficient (Wildman–Crippen LogP) is 1.89. The summed E-state index contributed by atoms with van der Waals surface area (Å²) in [4.78, 5) is 5.00. The molecule has 0 bridgehead atoms. The molecule has 0 aromatic carbocycles. The highest BCUT2D eigenvalue weighted by Crippen LogP contribution is 2.27. The monoisotopic (exact) mass is 266 g/mol. The van der Waals surface area contributed by atoms with Gasteiger partial charge in [0.1, 0.15) is 0 Å². The maximum absolute atomic E-state index is 5.74. The standard InChI is InChI=1S/C13H19ClN4/c1-10-8-17-6-2-3-12(17)9-18(10)13-5-4-11(7-14)15-16-13/h4-5,10,12H,2-3,6-9H2,1H3. The zero-order valence-electron chi connectivity index (χ0n) is 10.7. The zero-order chi connectivity index (χ0) is 12.5. The molecule has 3 rings (SSSR count). The smallest absolute Gasteiger partial charge is 0.151 e. The maximum Gasteiger partial charge on any atom is 0.151 e. The lowest BCUT2D eigenvalue weighted by molar-refractivity contribution is 0.202. The molecule has 1 aromatic rings. The van der Waals surface area contributed by atoms with Crippen LogP contribution in [0.4, 0.5) is 5.82 Å². The molecule has 18 heavy (non-hydrogen) atoms. The number of anilines is 1. The van der Waals surface area contributed by atoms with Crippen LogP contribution in [0.3, 0.4) is 0 Å². The van der Waals surface area contributed by atoms with Gasteiger partial charge in [-0.05, 0) is 38.4 Å². The number of halogens is 1. The highest BCUT2D eigenvalue weighted by atomic mass is 35.5. The van der Waals surface area contributed by atoms with Crippen LogP contribution < -0.4 is 4.90 Å². The van der Waals surface area contributed by atoms with Crippen LogP contribution in [0.25, 0.3) is 0 Å². The average molecular weight is 267 g/mol. The minimum absolute atomic E-state index is 0.430. The van der Waals surface area contributed by atoms with E-state index in [1.807, 2.05) is 12.1 Å². The second-order valence-corrected chi connectivity index (χ2v) is 5.58. The van der Waals surface area contributed by atoms with E-state index in [0.717, 1.165) is 24.6 Å². The Balaban J connectivity index is 1.77. The summed E-state index contributed by atoms with van der Waals surface area (Å²) in [6.07, 6.45) is 2.65. The normalized spacial score (nSPS) is 28.4. The molecule has 2 saturated heterocycles. The lowest BCUT2D eigenvalue weighted by Gasteiger charge is -2.42. The first-order valence-electron chi connectivity index (χ1n) is 6.67. The number of alkyl halides is 1. The lowest BCUT2D eigenvalue weighted by Crippen LogP contribution is -2.55. The predicted molar refractivity (Wildman–Crippen MR) is 73.0 cm³/mol. The van der Waals surface area contributed by atoms with Crippen molar-refractivity contribution in [2.45, 2.75) is 37.7 Å². The molecule has 1 aromatic heterocycles. The van der Waals surface area contributed by atoms with Crippen LogP contribution in [0.15, 0.2) is 12.1 Å². The molecule has 2 fully saturated rings. The summed E-state index contributed by atoms with van der Waals surface area (Å²) in [6, 6.07) is 5.24. The third-order valence-corrected chi connectivity index (χ3v) is 4.35. The Hall–Kier alpha value is -0.870.